The molecule has 0 spiro atoms. The van der Waals surface area contributed by atoms with Crippen molar-refractivity contribution in [1.29, 1.82) is 0 Å². The number of carbonyl (C=O) groups is 3. The lowest BCUT2D eigenvalue weighted by atomic mass is 9.41. The first-order valence-electron chi connectivity index (χ1n) is 11.3. The summed E-state index contributed by atoms with van der Waals surface area (Å²) in [5.74, 6) is -4.68. The molecule has 8 nitrogen and oxygen atoms in total. The molecule has 0 radical (unpaired) electrons. The van der Waals surface area contributed by atoms with Gasteiger partial charge in [0.05, 0.1) is 18.1 Å². The lowest BCUT2D eigenvalue weighted by Crippen LogP contribution is -2.78. The van der Waals surface area contributed by atoms with E-state index >= 15 is 0 Å². The van der Waals surface area contributed by atoms with Crippen molar-refractivity contribution >= 4 is 17.7 Å². The minimum Gasteiger partial charge on any atom is -0.416 e. The molecule has 4 N–H and O–H groups in total. The number of amides is 1. The number of hydrogen-bond acceptors (Lipinski definition) is 7. The Morgan fingerprint density at radius 3 is 2.34 bits per heavy atom. The molecule has 0 aliphatic heterocycles. The summed E-state index contributed by atoms with van der Waals surface area (Å²) in [4.78, 5) is 37.3. The predicted molar refractivity (Wildman–Crippen MR) is 118 cm³/mol. The topological polar surface area (TPSA) is 133 Å². The molecule has 2 aliphatic rings. The van der Waals surface area contributed by atoms with Crippen molar-refractivity contribution in [2.24, 2.45) is 28.6 Å². The SMILES string of the molecule is C=C[C@@H](C)CC(=O)[C@]1(O)[C@@H](C)C[C@H](O)[C@H]2C(C)(C)CC[C@](O)(OC(=O)NCC(C)=O)[C@@]21C. The van der Waals surface area contributed by atoms with Crippen LogP contribution in [0.1, 0.15) is 67.2 Å². The summed E-state index contributed by atoms with van der Waals surface area (Å²) in [5.41, 5.74) is -4.33. The van der Waals surface area contributed by atoms with Gasteiger partial charge in [0, 0.05) is 18.8 Å². The molecule has 2 aliphatic carbocycles. The van der Waals surface area contributed by atoms with Gasteiger partial charge in [-0.1, -0.05) is 33.8 Å². The molecule has 0 unspecified atom stereocenters. The van der Waals surface area contributed by atoms with Crippen LogP contribution < -0.4 is 5.32 Å². The fourth-order valence-electron chi connectivity index (χ4n) is 6.19. The number of aliphatic hydroxyl groups is 3. The second-order valence-electron chi connectivity index (χ2n) is 10.7. The van der Waals surface area contributed by atoms with E-state index in [1.54, 1.807) is 19.9 Å². The highest BCUT2D eigenvalue weighted by Gasteiger charge is 2.76. The predicted octanol–water partition coefficient (Wildman–Crippen LogP) is 2.35. The maximum atomic E-state index is 13.6. The molecule has 7 atom stereocenters. The Morgan fingerprint density at radius 2 is 1.81 bits per heavy atom. The van der Waals surface area contributed by atoms with Gasteiger partial charge in [-0.2, -0.15) is 0 Å². The summed E-state index contributed by atoms with van der Waals surface area (Å²) in [6.07, 6.45) is 0.188. The summed E-state index contributed by atoms with van der Waals surface area (Å²) >= 11 is 0. The number of ketones is 2. The van der Waals surface area contributed by atoms with Crippen molar-refractivity contribution < 1.29 is 34.4 Å². The Morgan fingerprint density at radius 1 is 1.22 bits per heavy atom. The maximum Gasteiger partial charge on any atom is 0.410 e. The van der Waals surface area contributed by atoms with Gasteiger partial charge in [0.15, 0.2) is 5.78 Å². The van der Waals surface area contributed by atoms with Gasteiger partial charge < -0.3 is 25.4 Å². The molecule has 0 bridgehead atoms. The first kappa shape index (κ1) is 26.5. The monoisotopic (exact) mass is 453 g/mol. The van der Waals surface area contributed by atoms with Crippen LogP contribution in [0.4, 0.5) is 4.79 Å². The van der Waals surface area contributed by atoms with E-state index in [2.05, 4.69) is 11.9 Å². The van der Waals surface area contributed by atoms with Crippen molar-refractivity contribution in [3.05, 3.63) is 12.7 Å². The Kier molecular flexibility index (Phi) is 7.35. The zero-order chi connectivity index (χ0) is 24.7. The summed E-state index contributed by atoms with van der Waals surface area (Å²) in [6.45, 7) is 13.6. The van der Waals surface area contributed by atoms with Crippen molar-refractivity contribution in [3.63, 3.8) is 0 Å². The molecule has 32 heavy (non-hydrogen) atoms. The first-order chi connectivity index (χ1) is 14.6. The molecule has 0 saturated heterocycles. The second-order valence-corrected chi connectivity index (χ2v) is 10.7. The van der Waals surface area contributed by atoms with E-state index in [1.807, 2.05) is 13.8 Å². The minimum atomic E-state index is -2.24. The molecule has 0 aromatic heterocycles. The third-order valence-electron chi connectivity index (χ3n) is 7.95. The number of rotatable bonds is 7. The Labute approximate surface area is 190 Å². The number of fused-ring (bicyclic) bond motifs is 1. The largest absolute Gasteiger partial charge is 0.416 e. The number of nitrogens with one attached hydrogen (secondary N) is 1. The zero-order valence-corrected chi connectivity index (χ0v) is 20.1. The third-order valence-corrected chi connectivity index (χ3v) is 7.95. The van der Waals surface area contributed by atoms with Crippen molar-refractivity contribution in [2.75, 3.05) is 6.54 Å². The first-order valence-corrected chi connectivity index (χ1v) is 11.3. The highest BCUT2D eigenvalue weighted by Crippen LogP contribution is 2.66. The van der Waals surface area contributed by atoms with Crippen LogP contribution in [0, 0.1) is 28.6 Å². The molecule has 8 heteroatoms. The van der Waals surface area contributed by atoms with E-state index in [0.29, 0.717) is 6.42 Å². The highest BCUT2D eigenvalue weighted by atomic mass is 16.7. The van der Waals surface area contributed by atoms with E-state index in [1.165, 1.54) is 13.8 Å². The molecule has 2 saturated carbocycles. The molecule has 2 rings (SSSR count). The average Bonchev–Trinajstić information content (AvgIpc) is 2.67. The van der Waals surface area contributed by atoms with E-state index in [4.69, 9.17) is 4.74 Å². The van der Waals surface area contributed by atoms with Gasteiger partial charge in [0.1, 0.15) is 11.4 Å². The zero-order valence-electron chi connectivity index (χ0n) is 20.1. The quantitative estimate of drug-likeness (QED) is 0.343. The van der Waals surface area contributed by atoms with Gasteiger partial charge in [-0.15, -0.1) is 6.58 Å². The van der Waals surface area contributed by atoms with Crippen molar-refractivity contribution in [1.82, 2.24) is 5.32 Å². The fraction of sp³-hybridized carbons (Fsp3) is 0.792. The Balaban J connectivity index is 2.63. The highest BCUT2D eigenvalue weighted by molar-refractivity contribution is 5.89. The number of allylic oxidation sites excluding steroid dienone is 1. The number of ether oxygens (including phenoxy) is 1. The molecule has 2 fully saturated rings. The number of carbonyl (C=O) groups excluding carboxylic acids is 3. The molecule has 0 heterocycles. The van der Waals surface area contributed by atoms with E-state index in [0.717, 1.165) is 0 Å². The fourth-order valence-corrected chi connectivity index (χ4v) is 6.19. The van der Waals surface area contributed by atoms with Gasteiger partial charge in [0.25, 0.3) is 0 Å². The molecular weight excluding hydrogens is 414 g/mol. The smallest absolute Gasteiger partial charge is 0.410 e. The summed E-state index contributed by atoms with van der Waals surface area (Å²) < 4.78 is 5.48. The molecular formula is C24H39NO7. The summed E-state index contributed by atoms with van der Waals surface area (Å²) in [5, 5.41) is 37.3. The van der Waals surface area contributed by atoms with Gasteiger partial charge in [-0.25, -0.2) is 4.79 Å². The number of hydrogen-bond donors (Lipinski definition) is 4. The van der Waals surface area contributed by atoms with Crippen LogP contribution in [-0.4, -0.2) is 57.0 Å². The number of Topliss-reactive ketones (excluding diaryl/α,β-unsaturated/α-hetero) is 2. The minimum absolute atomic E-state index is 0.00418. The van der Waals surface area contributed by atoms with Crippen LogP contribution in [0.3, 0.4) is 0 Å². The third kappa shape index (κ3) is 4.13. The van der Waals surface area contributed by atoms with Gasteiger partial charge in [-0.3, -0.25) is 9.59 Å². The van der Waals surface area contributed by atoms with Crippen LogP contribution in [0.25, 0.3) is 0 Å². The number of alkyl carbamates (subject to hydrolysis) is 1. The summed E-state index contributed by atoms with van der Waals surface area (Å²) in [6, 6.07) is 0. The lowest BCUT2D eigenvalue weighted by Gasteiger charge is -2.67. The summed E-state index contributed by atoms with van der Waals surface area (Å²) in [7, 11) is 0. The van der Waals surface area contributed by atoms with Gasteiger partial charge in [-0.05, 0) is 43.9 Å². The molecule has 182 valence electrons. The Hall–Kier alpha value is -1.77. The Bertz CT molecular complexity index is 780. The van der Waals surface area contributed by atoms with Crippen molar-refractivity contribution in [3.8, 4) is 0 Å². The van der Waals surface area contributed by atoms with E-state index in [-0.39, 0.29) is 37.5 Å². The number of aliphatic hydroxyl groups excluding tert-OH is 1. The average molecular weight is 454 g/mol. The lowest BCUT2D eigenvalue weighted by molar-refractivity contribution is -0.361. The second kappa shape index (κ2) is 8.88. The molecule has 0 aromatic rings. The normalized spacial score (nSPS) is 39.3. The van der Waals surface area contributed by atoms with Gasteiger partial charge in [0.2, 0.25) is 5.79 Å². The maximum absolute atomic E-state index is 13.6. The van der Waals surface area contributed by atoms with E-state index < -0.39 is 52.0 Å². The van der Waals surface area contributed by atoms with Crippen LogP contribution in [0.2, 0.25) is 0 Å². The molecule has 1 amide bonds. The van der Waals surface area contributed by atoms with Crippen LogP contribution in [0.5, 0.6) is 0 Å². The van der Waals surface area contributed by atoms with Gasteiger partial charge >= 0.3 is 6.09 Å². The van der Waals surface area contributed by atoms with Crippen molar-refractivity contribution in [2.45, 2.75) is 84.7 Å². The van der Waals surface area contributed by atoms with Crippen LogP contribution in [0.15, 0.2) is 12.7 Å². The molecule has 0 aromatic carbocycles. The standard InChI is InChI=1S/C24H39NO7/c1-8-14(2)11-18(28)24(31)15(3)12-17(27)19-21(5,6)9-10-23(30,22(19,24)7)32-20(29)25-13-16(4)26/h8,14-15,17,19,27,30-31H,1,9-13H2,2-7H3,(H,25,29)/t14-,15+,17+,19+,22-,23+,24-/m1/s1. The van der Waals surface area contributed by atoms with E-state index in [9.17, 15) is 29.7 Å². The van der Waals surface area contributed by atoms with Crippen LogP contribution in [-0.2, 0) is 14.3 Å². The van der Waals surface area contributed by atoms with Crippen LogP contribution >= 0.6 is 0 Å².